The Hall–Kier alpha value is -2.47. The van der Waals surface area contributed by atoms with Crippen LogP contribution in [0.3, 0.4) is 0 Å². The van der Waals surface area contributed by atoms with E-state index in [2.05, 4.69) is 15.0 Å². The second-order valence-electron chi connectivity index (χ2n) is 9.37. The highest BCUT2D eigenvalue weighted by molar-refractivity contribution is 7.93. The van der Waals surface area contributed by atoms with Gasteiger partial charge < -0.3 is 9.80 Å². The average molecular weight is 510 g/mol. The van der Waals surface area contributed by atoms with Gasteiger partial charge in [-0.15, -0.1) is 11.3 Å². The van der Waals surface area contributed by atoms with E-state index in [1.54, 1.807) is 11.0 Å². The van der Waals surface area contributed by atoms with E-state index >= 15 is 0 Å². The van der Waals surface area contributed by atoms with Gasteiger partial charge >= 0.3 is 6.18 Å². The van der Waals surface area contributed by atoms with Crippen LogP contribution in [0.2, 0.25) is 0 Å². The summed E-state index contributed by atoms with van der Waals surface area (Å²) in [5.41, 5.74) is -0.271. The summed E-state index contributed by atoms with van der Waals surface area (Å²) < 4.78 is 67.4. The quantitative estimate of drug-likeness (QED) is 0.517. The van der Waals surface area contributed by atoms with E-state index < -0.39 is 21.7 Å². The first-order valence-corrected chi connectivity index (χ1v) is 13.6. The monoisotopic (exact) mass is 509 g/mol. The van der Waals surface area contributed by atoms with Crippen molar-refractivity contribution in [2.45, 2.75) is 29.9 Å². The van der Waals surface area contributed by atoms with Crippen molar-refractivity contribution in [2.24, 2.45) is 17.8 Å². The lowest BCUT2D eigenvalue weighted by molar-refractivity contribution is -0.141. The molecule has 3 atom stereocenters. The summed E-state index contributed by atoms with van der Waals surface area (Å²) in [6.07, 6.45) is -3.66. The molecule has 0 bridgehead atoms. The maximum Gasteiger partial charge on any atom is 0.433 e. The zero-order valence-electron chi connectivity index (χ0n) is 18.2. The number of benzene rings is 1. The van der Waals surface area contributed by atoms with Crippen LogP contribution in [0.4, 0.5) is 24.9 Å². The summed E-state index contributed by atoms with van der Waals surface area (Å²) in [6.45, 7) is 3.56. The zero-order chi connectivity index (χ0) is 23.8. The maximum atomic E-state index is 13.5. The number of nitrogens with zero attached hydrogens (tertiary/aromatic N) is 5. The summed E-state index contributed by atoms with van der Waals surface area (Å²) in [5.74, 6) is 0.631. The molecule has 7 nitrogen and oxygen atoms in total. The molecule has 3 aromatic rings. The molecule has 12 heteroatoms. The average Bonchev–Trinajstić information content (AvgIpc) is 3.15. The van der Waals surface area contributed by atoms with E-state index in [-0.39, 0.29) is 45.7 Å². The minimum atomic E-state index is -4.56. The Bertz CT molecular complexity index is 1330. The summed E-state index contributed by atoms with van der Waals surface area (Å²) in [5, 5.41) is 0. The SMILES string of the molecule is C[C@H]1CCN1c1nc(N2CC3C(C2)C3CS(=O)(=O)c2nc3ccccc3s2)cc(C(F)(F)F)n1. The Balaban J connectivity index is 1.18. The predicted octanol–water partition coefficient (Wildman–Crippen LogP) is 3.86. The summed E-state index contributed by atoms with van der Waals surface area (Å²) >= 11 is 1.18. The number of halogens is 3. The molecule has 0 amide bonds. The number of anilines is 2. The highest BCUT2D eigenvalue weighted by atomic mass is 32.2. The molecule has 180 valence electrons. The minimum absolute atomic E-state index is 0.00735. The number of hydrogen-bond donors (Lipinski definition) is 0. The number of sulfone groups is 1. The van der Waals surface area contributed by atoms with Crippen LogP contribution in [-0.2, 0) is 16.0 Å². The van der Waals surface area contributed by atoms with E-state index in [9.17, 15) is 21.6 Å². The van der Waals surface area contributed by atoms with Crippen molar-refractivity contribution < 1.29 is 21.6 Å². The fraction of sp³-hybridized carbons (Fsp3) is 0.500. The minimum Gasteiger partial charge on any atom is -0.356 e. The van der Waals surface area contributed by atoms with Gasteiger partial charge in [0, 0.05) is 31.7 Å². The van der Waals surface area contributed by atoms with Crippen molar-refractivity contribution >= 4 is 43.2 Å². The molecule has 0 spiro atoms. The number of thiazole rings is 1. The third-order valence-corrected chi connectivity index (χ3v) is 10.5. The first-order valence-electron chi connectivity index (χ1n) is 11.2. The molecule has 2 aliphatic heterocycles. The summed E-state index contributed by atoms with van der Waals surface area (Å²) in [4.78, 5) is 16.1. The Morgan fingerprint density at radius 2 is 1.85 bits per heavy atom. The molecule has 1 aliphatic carbocycles. The van der Waals surface area contributed by atoms with Gasteiger partial charge in [0.05, 0.1) is 16.0 Å². The third-order valence-electron chi connectivity index (χ3n) is 7.22. The second kappa shape index (κ2) is 7.51. The van der Waals surface area contributed by atoms with Crippen molar-refractivity contribution in [1.29, 1.82) is 0 Å². The van der Waals surface area contributed by atoms with Crippen LogP contribution in [0, 0.1) is 17.8 Å². The fourth-order valence-electron chi connectivity index (χ4n) is 5.06. The molecule has 2 unspecified atom stereocenters. The fourth-order valence-corrected chi connectivity index (χ4v) is 8.12. The Morgan fingerprint density at radius 3 is 2.47 bits per heavy atom. The number of aromatic nitrogens is 3. The number of hydrogen-bond acceptors (Lipinski definition) is 8. The molecule has 34 heavy (non-hydrogen) atoms. The smallest absolute Gasteiger partial charge is 0.356 e. The van der Waals surface area contributed by atoms with Gasteiger partial charge in [0.2, 0.25) is 20.1 Å². The van der Waals surface area contributed by atoms with Gasteiger partial charge in [-0.2, -0.15) is 18.2 Å². The topological polar surface area (TPSA) is 79.3 Å². The van der Waals surface area contributed by atoms with E-state index in [4.69, 9.17) is 0 Å². The van der Waals surface area contributed by atoms with Crippen molar-refractivity contribution in [3.8, 4) is 0 Å². The lowest BCUT2D eigenvalue weighted by atomic mass is 10.1. The zero-order valence-corrected chi connectivity index (χ0v) is 19.9. The second-order valence-corrected chi connectivity index (χ2v) is 12.6. The molecule has 0 radical (unpaired) electrons. The summed E-state index contributed by atoms with van der Waals surface area (Å²) in [6, 6.07) is 8.43. The molecule has 4 heterocycles. The maximum absolute atomic E-state index is 13.5. The van der Waals surface area contributed by atoms with Crippen LogP contribution < -0.4 is 9.80 Å². The normalized spacial score (nSPS) is 26.6. The predicted molar refractivity (Wildman–Crippen MR) is 123 cm³/mol. The number of alkyl halides is 3. The molecule has 2 aromatic heterocycles. The van der Waals surface area contributed by atoms with Gasteiger partial charge in [0.25, 0.3) is 0 Å². The Labute approximate surface area is 198 Å². The first-order chi connectivity index (χ1) is 16.1. The van der Waals surface area contributed by atoms with Crippen LogP contribution in [0.5, 0.6) is 0 Å². The van der Waals surface area contributed by atoms with Crippen LogP contribution in [0.15, 0.2) is 34.7 Å². The van der Waals surface area contributed by atoms with Crippen molar-refractivity contribution in [1.82, 2.24) is 15.0 Å². The number of para-hydroxylation sites is 1. The lowest BCUT2D eigenvalue weighted by Crippen LogP contribution is -2.47. The molecule has 1 aromatic carbocycles. The molecule has 1 saturated carbocycles. The van der Waals surface area contributed by atoms with Gasteiger partial charge in [-0.25, -0.2) is 18.4 Å². The van der Waals surface area contributed by atoms with Gasteiger partial charge in [-0.05, 0) is 43.2 Å². The molecular weight excluding hydrogens is 487 g/mol. The first kappa shape index (κ1) is 22.0. The van der Waals surface area contributed by atoms with Gasteiger partial charge in [0.1, 0.15) is 5.82 Å². The Kier molecular flexibility index (Phi) is 4.87. The van der Waals surface area contributed by atoms with Gasteiger partial charge in [-0.1, -0.05) is 12.1 Å². The molecule has 3 fully saturated rings. The van der Waals surface area contributed by atoms with Crippen LogP contribution in [-0.4, -0.2) is 54.8 Å². The third kappa shape index (κ3) is 3.71. The van der Waals surface area contributed by atoms with E-state index in [1.165, 1.54) is 11.3 Å². The van der Waals surface area contributed by atoms with Gasteiger partial charge in [-0.3, -0.25) is 0 Å². The highest BCUT2D eigenvalue weighted by Gasteiger charge is 2.57. The van der Waals surface area contributed by atoms with Crippen molar-refractivity contribution in [3.05, 3.63) is 36.0 Å². The number of fused-ring (bicyclic) bond motifs is 2. The molecule has 6 rings (SSSR count). The van der Waals surface area contributed by atoms with E-state index in [0.717, 1.165) is 17.2 Å². The van der Waals surface area contributed by atoms with Crippen molar-refractivity contribution in [2.75, 3.05) is 35.2 Å². The van der Waals surface area contributed by atoms with Gasteiger partial charge in [0.15, 0.2) is 5.69 Å². The largest absolute Gasteiger partial charge is 0.433 e. The van der Waals surface area contributed by atoms with Crippen LogP contribution in [0.1, 0.15) is 19.0 Å². The van der Waals surface area contributed by atoms with Crippen LogP contribution in [0.25, 0.3) is 10.2 Å². The summed E-state index contributed by atoms with van der Waals surface area (Å²) in [7, 11) is -3.52. The highest BCUT2D eigenvalue weighted by Crippen LogP contribution is 2.53. The lowest BCUT2D eigenvalue weighted by Gasteiger charge is -2.39. The standard InChI is InChI=1S/C22H22F3N5O2S2/c1-12-6-7-30(12)20-27-18(22(23,24)25)8-19(28-20)29-9-13-14(10-29)15(13)11-34(31,32)21-26-16-4-2-3-5-17(16)33-21/h2-5,8,12-15H,6-7,9-11H2,1H3/t12-,13?,14?,15?/m0/s1. The Morgan fingerprint density at radius 1 is 1.12 bits per heavy atom. The molecule has 3 aliphatic rings. The van der Waals surface area contributed by atoms with Crippen molar-refractivity contribution in [3.63, 3.8) is 0 Å². The van der Waals surface area contributed by atoms with E-state index in [1.807, 2.05) is 30.0 Å². The molecule has 0 N–H and O–H groups in total. The number of rotatable bonds is 5. The molecule has 2 saturated heterocycles. The van der Waals surface area contributed by atoms with E-state index in [0.29, 0.717) is 25.2 Å². The molecular formula is C22H22F3N5O2S2. The number of piperidine rings is 1. The van der Waals surface area contributed by atoms with Crippen LogP contribution >= 0.6 is 11.3 Å².